The average Bonchev–Trinajstić information content (AvgIpc) is 3.16. The maximum atomic E-state index is 13.1. The molecule has 1 heterocycles. The van der Waals surface area contributed by atoms with Gasteiger partial charge in [0.25, 0.3) is 5.91 Å². The van der Waals surface area contributed by atoms with E-state index in [-0.39, 0.29) is 18.3 Å². The van der Waals surface area contributed by atoms with Gasteiger partial charge in [0.05, 0.1) is 31.2 Å². The number of carbonyl (C=O) groups is 1. The molecule has 0 unspecified atom stereocenters. The minimum atomic E-state index is -0.379. The van der Waals surface area contributed by atoms with Crippen LogP contribution in [0.2, 0.25) is 0 Å². The summed E-state index contributed by atoms with van der Waals surface area (Å²) in [4.78, 5) is 17.1. The normalized spacial score (nSPS) is 10.8. The quantitative estimate of drug-likeness (QED) is 0.465. The van der Waals surface area contributed by atoms with Gasteiger partial charge in [0.1, 0.15) is 29.7 Å². The summed E-state index contributed by atoms with van der Waals surface area (Å²) in [5.74, 6) is 1.57. The Bertz CT molecular complexity index is 1170. The Morgan fingerprint density at radius 1 is 1.00 bits per heavy atom. The van der Waals surface area contributed by atoms with Crippen LogP contribution in [0.25, 0.3) is 11.0 Å². The van der Waals surface area contributed by atoms with E-state index in [1.807, 2.05) is 53.1 Å². The van der Waals surface area contributed by atoms with Crippen LogP contribution in [-0.2, 0) is 13.1 Å². The fraction of sp³-hybridized carbons (Fsp3) is 0.167. The van der Waals surface area contributed by atoms with Crippen LogP contribution in [0.3, 0.4) is 0 Å². The molecule has 0 aliphatic carbocycles. The summed E-state index contributed by atoms with van der Waals surface area (Å²) >= 11 is 0. The Kier molecular flexibility index (Phi) is 6.12. The number of halogens is 1. The highest BCUT2D eigenvalue weighted by Crippen LogP contribution is 2.19. The van der Waals surface area contributed by atoms with E-state index in [9.17, 15) is 9.18 Å². The maximum absolute atomic E-state index is 13.1. The van der Waals surface area contributed by atoms with Crippen molar-refractivity contribution >= 4 is 16.9 Å². The number of hydrogen-bond donors (Lipinski definition) is 1. The standard InChI is InChI=1S/C24H22FN3O3/c1-30-19-10-12-20(13-11-19)31-15-14-28-22-5-3-2-4-21(22)27-23(28)16-26-24(29)17-6-8-18(25)9-7-17/h2-13H,14-16H2,1H3,(H,26,29). The van der Waals surface area contributed by atoms with Crippen molar-refractivity contribution in [3.05, 3.63) is 90.0 Å². The molecule has 7 heteroatoms. The number of ether oxygens (including phenoxy) is 2. The highest BCUT2D eigenvalue weighted by Gasteiger charge is 2.13. The molecule has 0 aliphatic rings. The van der Waals surface area contributed by atoms with Crippen molar-refractivity contribution in [2.45, 2.75) is 13.1 Å². The lowest BCUT2D eigenvalue weighted by atomic mass is 10.2. The SMILES string of the molecule is COc1ccc(OCCn2c(CNC(=O)c3ccc(F)cc3)nc3ccccc32)cc1. The van der Waals surface area contributed by atoms with Gasteiger partial charge in [-0.3, -0.25) is 4.79 Å². The van der Waals surface area contributed by atoms with E-state index in [0.717, 1.165) is 28.4 Å². The first-order valence-corrected chi connectivity index (χ1v) is 9.89. The molecular formula is C24H22FN3O3. The summed E-state index contributed by atoms with van der Waals surface area (Å²) in [6.45, 7) is 1.24. The molecule has 4 rings (SSSR count). The third-order valence-corrected chi connectivity index (χ3v) is 4.89. The van der Waals surface area contributed by atoms with Gasteiger partial charge in [0.2, 0.25) is 0 Å². The Balaban J connectivity index is 1.46. The summed E-state index contributed by atoms with van der Waals surface area (Å²) in [6.07, 6.45) is 0. The van der Waals surface area contributed by atoms with Gasteiger partial charge in [-0.15, -0.1) is 0 Å². The number of imidazole rings is 1. The van der Waals surface area contributed by atoms with Gasteiger partial charge < -0.3 is 19.4 Å². The first-order chi connectivity index (χ1) is 15.1. The molecule has 0 radical (unpaired) electrons. The van der Waals surface area contributed by atoms with Gasteiger partial charge in [0.15, 0.2) is 0 Å². The van der Waals surface area contributed by atoms with Crippen molar-refractivity contribution < 1.29 is 18.7 Å². The lowest BCUT2D eigenvalue weighted by Crippen LogP contribution is -2.25. The number of para-hydroxylation sites is 2. The van der Waals surface area contributed by atoms with Crippen molar-refractivity contribution in [3.8, 4) is 11.5 Å². The van der Waals surface area contributed by atoms with Crippen molar-refractivity contribution in [2.75, 3.05) is 13.7 Å². The molecule has 0 fully saturated rings. The molecule has 4 aromatic rings. The molecule has 0 aliphatic heterocycles. The highest BCUT2D eigenvalue weighted by molar-refractivity contribution is 5.94. The molecule has 6 nitrogen and oxygen atoms in total. The third kappa shape index (κ3) is 4.83. The molecule has 0 bridgehead atoms. The number of nitrogens with one attached hydrogen (secondary N) is 1. The first-order valence-electron chi connectivity index (χ1n) is 9.89. The van der Waals surface area contributed by atoms with Gasteiger partial charge in [-0.2, -0.15) is 0 Å². The predicted octanol–water partition coefficient (Wildman–Crippen LogP) is 4.19. The van der Waals surface area contributed by atoms with Gasteiger partial charge in [-0.25, -0.2) is 9.37 Å². The Morgan fingerprint density at radius 2 is 1.71 bits per heavy atom. The summed E-state index contributed by atoms with van der Waals surface area (Å²) < 4.78 is 26.1. The molecular weight excluding hydrogens is 397 g/mol. The first kappa shape index (κ1) is 20.4. The van der Waals surface area contributed by atoms with Crippen LogP contribution in [0.5, 0.6) is 11.5 Å². The Hall–Kier alpha value is -3.87. The molecule has 1 amide bonds. The second-order valence-corrected chi connectivity index (χ2v) is 6.88. The highest BCUT2D eigenvalue weighted by atomic mass is 19.1. The number of benzene rings is 3. The lowest BCUT2D eigenvalue weighted by Gasteiger charge is -2.12. The fourth-order valence-corrected chi connectivity index (χ4v) is 3.30. The fourth-order valence-electron chi connectivity index (χ4n) is 3.30. The largest absolute Gasteiger partial charge is 0.497 e. The van der Waals surface area contributed by atoms with Crippen molar-refractivity contribution in [3.63, 3.8) is 0 Å². The molecule has 0 saturated carbocycles. The van der Waals surface area contributed by atoms with Crippen molar-refractivity contribution in [1.82, 2.24) is 14.9 Å². The van der Waals surface area contributed by atoms with Crippen LogP contribution in [0, 0.1) is 5.82 Å². The number of rotatable bonds is 8. The molecule has 1 N–H and O–H groups in total. The van der Waals surface area contributed by atoms with E-state index < -0.39 is 0 Å². The second-order valence-electron chi connectivity index (χ2n) is 6.88. The number of aromatic nitrogens is 2. The van der Waals surface area contributed by atoms with E-state index in [4.69, 9.17) is 9.47 Å². The van der Waals surface area contributed by atoms with Crippen molar-refractivity contribution in [2.24, 2.45) is 0 Å². The van der Waals surface area contributed by atoms with Crippen LogP contribution in [0.1, 0.15) is 16.2 Å². The number of carbonyl (C=O) groups excluding carboxylic acids is 1. The second kappa shape index (κ2) is 9.30. The molecule has 0 spiro atoms. The van der Waals surface area contributed by atoms with E-state index in [2.05, 4.69) is 10.3 Å². The van der Waals surface area contributed by atoms with Gasteiger partial charge in [-0.1, -0.05) is 12.1 Å². The molecule has 0 atom stereocenters. The molecule has 158 valence electrons. The van der Waals surface area contributed by atoms with Gasteiger partial charge >= 0.3 is 0 Å². The third-order valence-electron chi connectivity index (χ3n) is 4.89. The zero-order valence-corrected chi connectivity index (χ0v) is 17.0. The summed E-state index contributed by atoms with van der Waals surface area (Å²) in [5, 5.41) is 2.86. The minimum absolute atomic E-state index is 0.243. The van der Waals surface area contributed by atoms with E-state index in [0.29, 0.717) is 18.7 Å². The number of methoxy groups -OCH3 is 1. The summed E-state index contributed by atoms with van der Waals surface area (Å²) in [5.41, 5.74) is 2.21. The van der Waals surface area contributed by atoms with Crippen LogP contribution in [0.4, 0.5) is 4.39 Å². The number of amides is 1. The molecule has 1 aromatic heterocycles. The van der Waals surface area contributed by atoms with Gasteiger partial charge in [-0.05, 0) is 60.7 Å². The lowest BCUT2D eigenvalue weighted by molar-refractivity contribution is 0.0949. The number of hydrogen-bond acceptors (Lipinski definition) is 4. The van der Waals surface area contributed by atoms with Crippen molar-refractivity contribution in [1.29, 1.82) is 0 Å². The van der Waals surface area contributed by atoms with E-state index in [1.54, 1.807) is 7.11 Å². The summed E-state index contributed by atoms with van der Waals surface area (Å²) in [7, 11) is 1.62. The van der Waals surface area contributed by atoms with Crippen LogP contribution < -0.4 is 14.8 Å². The monoisotopic (exact) mass is 419 g/mol. The Morgan fingerprint density at radius 3 is 2.45 bits per heavy atom. The van der Waals surface area contributed by atoms with E-state index >= 15 is 0 Å². The van der Waals surface area contributed by atoms with Crippen LogP contribution >= 0.6 is 0 Å². The summed E-state index contributed by atoms with van der Waals surface area (Å²) in [6, 6.07) is 20.6. The molecule has 31 heavy (non-hydrogen) atoms. The number of fused-ring (bicyclic) bond motifs is 1. The average molecular weight is 419 g/mol. The zero-order valence-electron chi connectivity index (χ0n) is 17.0. The predicted molar refractivity (Wildman–Crippen MR) is 116 cm³/mol. The molecule has 3 aromatic carbocycles. The number of nitrogens with zero attached hydrogens (tertiary/aromatic N) is 2. The van der Waals surface area contributed by atoms with Crippen LogP contribution in [0.15, 0.2) is 72.8 Å². The maximum Gasteiger partial charge on any atom is 0.251 e. The zero-order chi connectivity index (χ0) is 21.6. The van der Waals surface area contributed by atoms with Crippen LogP contribution in [-0.4, -0.2) is 29.2 Å². The minimum Gasteiger partial charge on any atom is -0.497 e. The Labute approximate surface area is 179 Å². The van der Waals surface area contributed by atoms with Gasteiger partial charge in [0, 0.05) is 5.56 Å². The topological polar surface area (TPSA) is 65.4 Å². The smallest absolute Gasteiger partial charge is 0.251 e. The molecule has 0 saturated heterocycles. The van der Waals surface area contributed by atoms with E-state index in [1.165, 1.54) is 24.3 Å².